The Morgan fingerprint density at radius 1 is 1.26 bits per heavy atom. The van der Waals surface area contributed by atoms with Gasteiger partial charge in [0.25, 0.3) is 0 Å². The molecule has 1 saturated heterocycles. The monoisotopic (exact) mass is 427 g/mol. The molecule has 1 aliphatic heterocycles. The van der Waals surface area contributed by atoms with E-state index in [2.05, 4.69) is 30.7 Å². The van der Waals surface area contributed by atoms with E-state index < -0.39 is 0 Å². The Kier molecular flexibility index (Phi) is 7.47. The second kappa shape index (κ2) is 10.5. The van der Waals surface area contributed by atoms with E-state index in [0.29, 0.717) is 22.9 Å². The van der Waals surface area contributed by atoms with Gasteiger partial charge in [0.05, 0.1) is 17.9 Å². The van der Waals surface area contributed by atoms with Gasteiger partial charge in [-0.15, -0.1) is 0 Å². The van der Waals surface area contributed by atoms with E-state index in [9.17, 15) is 4.79 Å². The SMILES string of the molecule is CO/N=C/c1c(N)ncnc1N1CCC(NC(=O)Nc2ccc(OC(C)C)cc2)CC1. The molecule has 1 aromatic heterocycles. The maximum Gasteiger partial charge on any atom is 0.319 e. The van der Waals surface area contributed by atoms with E-state index in [1.807, 2.05) is 38.1 Å². The lowest BCUT2D eigenvalue weighted by molar-refractivity contribution is 0.215. The van der Waals surface area contributed by atoms with Crippen molar-refractivity contribution >= 4 is 29.6 Å². The molecule has 3 rings (SSSR count). The zero-order chi connectivity index (χ0) is 22.2. The average Bonchev–Trinajstić information content (AvgIpc) is 2.74. The summed E-state index contributed by atoms with van der Waals surface area (Å²) in [6.45, 7) is 5.38. The number of benzene rings is 1. The van der Waals surface area contributed by atoms with Crippen molar-refractivity contribution < 1.29 is 14.4 Å². The molecule has 2 amide bonds. The number of oxime groups is 1. The number of hydrogen-bond donors (Lipinski definition) is 3. The molecule has 0 unspecified atom stereocenters. The fourth-order valence-electron chi connectivity index (χ4n) is 3.36. The van der Waals surface area contributed by atoms with Gasteiger partial charge in [0.1, 0.15) is 30.8 Å². The highest BCUT2D eigenvalue weighted by molar-refractivity contribution is 5.92. The van der Waals surface area contributed by atoms with E-state index in [0.717, 1.165) is 31.7 Å². The molecule has 0 aliphatic carbocycles. The fourth-order valence-corrected chi connectivity index (χ4v) is 3.36. The van der Waals surface area contributed by atoms with Gasteiger partial charge in [-0.1, -0.05) is 5.16 Å². The summed E-state index contributed by atoms with van der Waals surface area (Å²) in [4.78, 5) is 27.6. The maximum atomic E-state index is 12.4. The molecule has 0 bridgehead atoms. The van der Waals surface area contributed by atoms with Crippen molar-refractivity contribution in [3.8, 4) is 5.75 Å². The molecular formula is C21H29N7O3. The van der Waals surface area contributed by atoms with Crippen LogP contribution >= 0.6 is 0 Å². The summed E-state index contributed by atoms with van der Waals surface area (Å²) in [5.74, 6) is 1.82. The lowest BCUT2D eigenvalue weighted by Crippen LogP contribution is -2.46. The number of nitrogens with one attached hydrogen (secondary N) is 2. The number of nitrogens with zero attached hydrogens (tertiary/aromatic N) is 4. The summed E-state index contributed by atoms with van der Waals surface area (Å²) in [6, 6.07) is 7.16. The number of piperidine rings is 1. The number of nitrogen functional groups attached to an aromatic ring is 1. The molecule has 0 saturated carbocycles. The first-order valence-corrected chi connectivity index (χ1v) is 10.2. The molecule has 10 heteroatoms. The van der Waals surface area contributed by atoms with E-state index in [1.54, 1.807) is 0 Å². The Hall–Kier alpha value is -3.56. The number of aromatic nitrogens is 2. The van der Waals surface area contributed by atoms with Crippen molar-refractivity contribution in [3.63, 3.8) is 0 Å². The van der Waals surface area contributed by atoms with E-state index in [-0.39, 0.29) is 18.2 Å². The minimum Gasteiger partial charge on any atom is -0.491 e. The largest absolute Gasteiger partial charge is 0.491 e. The van der Waals surface area contributed by atoms with Crippen LogP contribution in [0.4, 0.5) is 22.1 Å². The third kappa shape index (κ3) is 6.21. The Morgan fingerprint density at radius 2 is 1.97 bits per heavy atom. The Balaban J connectivity index is 1.52. The van der Waals surface area contributed by atoms with Gasteiger partial charge in [0.2, 0.25) is 0 Å². The smallest absolute Gasteiger partial charge is 0.319 e. The Morgan fingerprint density at radius 3 is 2.61 bits per heavy atom. The zero-order valence-electron chi connectivity index (χ0n) is 18.0. The quantitative estimate of drug-likeness (QED) is 0.458. The van der Waals surface area contributed by atoms with Crippen LogP contribution in [0.2, 0.25) is 0 Å². The van der Waals surface area contributed by atoms with Crippen molar-refractivity contribution in [2.45, 2.75) is 38.8 Å². The van der Waals surface area contributed by atoms with Crippen molar-refractivity contribution in [1.29, 1.82) is 0 Å². The second-order valence-electron chi connectivity index (χ2n) is 7.46. The number of hydrogen-bond acceptors (Lipinski definition) is 8. The molecule has 166 valence electrons. The summed E-state index contributed by atoms with van der Waals surface area (Å²) in [7, 11) is 1.46. The van der Waals surface area contributed by atoms with Crippen LogP contribution in [-0.2, 0) is 4.84 Å². The van der Waals surface area contributed by atoms with Crippen LogP contribution in [0, 0.1) is 0 Å². The van der Waals surface area contributed by atoms with Gasteiger partial charge in [-0.05, 0) is 51.0 Å². The molecule has 2 aromatic rings. The Bertz CT molecular complexity index is 894. The molecule has 1 aliphatic rings. The predicted octanol–water partition coefficient (Wildman–Crippen LogP) is 2.62. The number of carbonyl (C=O) groups excluding carboxylic acids is 1. The highest BCUT2D eigenvalue weighted by atomic mass is 16.6. The standard InChI is InChI=1S/C21H29N7O3/c1-14(2)31-17-6-4-15(5-7-17)26-21(29)27-16-8-10-28(11-9-16)20-18(12-25-30-3)19(22)23-13-24-20/h4-7,12-14,16H,8-11H2,1-3H3,(H2,22,23,24)(H2,26,27,29)/b25-12+. The first-order chi connectivity index (χ1) is 15.0. The number of urea groups is 1. The van der Waals surface area contributed by atoms with Gasteiger partial charge in [-0.25, -0.2) is 14.8 Å². The molecule has 0 radical (unpaired) electrons. The summed E-state index contributed by atoms with van der Waals surface area (Å²) >= 11 is 0. The van der Waals surface area contributed by atoms with Crippen molar-refractivity contribution in [2.24, 2.45) is 5.16 Å². The van der Waals surface area contributed by atoms with Crippen LogP contribution in [0.1, 0.15) is 32.3 Å². The third-order valence-corrected chi connectivity index (χ3v) is 4.79. The zero-order valence-corrected chi connectivity index (χ0v) is 18.0. The summed E-state index contributed by atoms with van der Waals surface area (Å²) < 4.78 is 5.61. The molecule has 0 atom stereocenters. The Labute approximate surface area is 181 Å². The number of ether oxygens (including phenoxy) is 1. The van der Waals surface area contributed by atoms with Crippen LogP contribution < -0.4 is 26.0 Å². The summed E-state index contributed by atoms with van der Waals surface area (Å²) in [6.07, 6.45) is 4.61. The van der Waals surface area contributed by atoms with Gasteiger partial charge >= 0.3 is 6.03 Å². The lowest BCUT2D eigenvalue weighted by Gasteiger charge is -2.33. The average molecular weight is 428 g/mol. The molecule has 1 fully saturated rings. The van der Waals surface area contributed by atoms with Gasteiger partial charge in [0, 0.05) is 24.8 Å². The maximum absolute atomic E-state index is 12.4. The number of nitrogens with two attached hydrogens (primary N) is 1. The minimum atomic E-state index is -0.227. The molecule has 10 nitrogen and oxygen atoms in total. The van der Waals surface area contributed by atoms with Crippen molar-refractivity contribution in [1.82, 2.24) is 15.3 Å². The van der Waals surface area contributed by atoms with Crippen LogP contribution in [0.5, 0.6) is 5.75 Å². The van der Waals surface area contributed by atoms with Crippen LogP contribution in [0.25, 0.3) is 0 Å². The van der Waals surface area contributed by atoms with E-state index in [4.69, 9.17) is 15.3 Å². The molecule has 2 heterocycles. The molecule has 31 heavy (non-hydrogen) atoms. The summed E-state index contributed by atoms with van der Waals surface area (Å²) in [5, 5.41) is 9.69. The normalized spacial score (nSPS) is 14.6. The third-order valence-electron chi connectivity index (χ3n) is 4.79. The van der Waals surface area contributed by atoms with Crippen molar-refractivity contribution in [3.05, 3.63) is 36.2 Å². The first kappa shape index (κ1) is 22.1. The molecular weight excluding hydrogens is 398 g/mol. The minimum absolute atomic E-state index is 0.0649. The van der Waals surface area contributed by atoms with Gasteiger partial charge in [-0.2, -0.15) is 0 Å². The van der Waals surface area contributed by atoms with Crippen molar-refractivity contribution in [2.75, 3.05) is 36.1 Å². The van der Waals surface area contributed by atoms with Crippen LogP contribution in [0.3, 0.4) is 0 Å². The highest BCUT2D eigenvalue weighted by Crippen LogP contribution is 2.24. The second-order valence-corrected chi connectivity index (χ2v) is 7.46. The predicted molar refractivity (Wildman–Crippen MR) is 121 cm³/mol. The first-order valence-electron chi connectivity index (χ1n) is 10.2. The van der Waals surface area contributed by atoms with Crippen LogP contribution in [-0.4, -0.2) is 54.6 Å². The van der Waals surface area contributed by atoms with E-state index >= 15 is 0 Å². The molecule has 0 spiro atoms. The molecule has 4 N–H and O–H groups in total. The van der Waals surface area contributed by atoms with E-state index in [1.165, 1.54) is 19.7 Å². The van der Waals surface area contributed by atoms with Gasteiger partial charge < -0.3 is 30.8 Å². The molecule has 1 aromatic carbocycles. The van der Waals surface area contributed by atoms with Gasteiger partial charge in [-0.3, -0.25) is 0 Å². The summed E-state index contributed by atoms with van der Waals surface area (Å²) in [5.41, 5.74) is 7.31. The topological polar surface area (TPSA) is 127 Å². The van der Waals surface area contributed by atoms with Crippen LogP contribution in [0.15, 0.2) is 35.7 Å². The van der Waals surface area contributed by atoms with Gasteiger partial charge in [0.15, 0.2) is 0 Å². The number of rotatable bonds is 7. The number of amides is 2. The highest BCUT2D eigenvalue weighted by Gasteiger charge is 2.24. The lowest BCUT2D eigenvalue weighted by atomic mass is 10.0. The fraction of sp³-hybridized carbons (Fsp3) is 0.429. The number of carbonyl (C=O) groups is 1. The number of anilines is 3.